The highest BCUT2D eigenvalue weighted by atomic mass is 32.2. The van der Waals surface area contributed by atoms with E-state index in [1.54, 1.807) is 7.11 Å². The van der Waals surface area contributed by atoms with E-state index >= 15 is 0 Å². The molecular weight excluding hydrogens is 194 g/mol. The van der Waals surface area contributed by atoms with Gasteiger partial charge in [0, 0.05) is 30.7 Å². The maximum atomic E-state index is 4.99. The molecule has 0 aliphatic heterocycles. The van der Waals surface area contributed by atoms with Gasteiger partial charge in [0.25, 0.3) is 0 Å². The number of ether oxygens (including phenoxy) is 1. The maximum absolute atomic E-state index is 4.99. The lowest BCUT2D eigenvalue weighted by Gasteiger charge is -2.16. The summed E-state index contributed by atoms with van der Waals surface area (Å²) >= 11 is 2.16. The summed E-state index contributed by atoms with van der Waals surface area (Å²) in [6, 6.07) is 0. The van der Waals surface area contributed by atoms with Crippen molar-refractivity contribution in [3.63, 3.8) is 0 Å². The van der Waals surface area contributed by atoms with Crippen molar-refractivity contribution >= 4 is 11.8 Å². The lowest BCUT2D eigenvalue weighted by Crippen LogP contribution is -2.27. The molecule has 0 radical (unpaired) electrons. The minimum atomic E-state index is 0.745. The van der Waals surface area contributed by atoms with Crippen LogP contribution in [0, 0.1) is 0 Å². The van der Waals surface area contributed by atoms with Crippen LogP contribution < -0.4 is 5.32 Å². The molecule has 0 amide bonds. The third-order valence-electron chi connectivity index (χ3n) is 2.64. The Bertz CT molecular complexity index is 137. The van der Waals surface area contributed by atoms with Crippen molar-refractivity contribution in [2.45, 2.75) is 43.1 Å². The molecule has 0 aromatic carbocycles. The van der Waals surface area contributed by atoms with Crippen molar-refractivity contribution in [1.29, 1.82) is 0 Å². The minimum Gasteiger partial charge on any atom is -0.383 e. The van der Waals surface area contributed by atoms with Gasteiger partial charge in [-0.25, -0.2) is 0 Å². The van der Waals surface area contributed by atoms with Crippen LogP contribution in [0.1, 0.15) is 32.6 Å². The third kappa shape index (κ3) is 5.23. The molecule has 84 valence electrons. The fourth-order valence-electron chi connectivity index (χ4n) is 1.88. The van der Waals surface area contributed by atoms with E-state index in [4.69, 9.17) is 4.74 Å². The highest BCUT2D eigenvalue weighted by molar-refractivity contribution is 8.00. The van der Waals surface area contributed by atoms with Crippen LogP contribution in [0.25, 0.3) is 0 Å². The molecule has 1 rings (SSSR count). The van der Waals surface area contributed by atoms with E-state index in [0.717, 1.165) is 30.2 Å². The second-order valence-corrected chi connectivity index (χ2v) is 5.79. The summed E-state index contributed by atoms with van der Waals surface area (Å²) in [7, 11) is 1.75. The zero-order valence-corrected chi connectivity index (χ0v) is 10.2. The zero-order chi connectivity index (χ0) is 10.2. The summed E-state index contributed by atoms with van der Waals surface area (Å²) in [6.07, 6.45) is 5.77. The van der Waals surface area contributed by atoms with Crippen LogP contribution in [0.3, 0.4) is 0 Å². The monoisotopic (exact) mass is 217 g/mol. The molecule has 14 heavy (non-hydrogen) atoms. The van der Waals surface area contributed by atoms with E-state index in [-0.39, 0.29) is 0 Å². The fraction of sp³-hybridized carbons (Fsp3) is 1.00. The average molecular weight is 217 g/mol. The molecule has 1 N–H and O–H groups in total. The molecule has 0 spiro atoms. The van der Waals surface area contributed by atoms with Gasteiger partial charge < -0.3 is 10.1 Å². The number of hydrogen-bond acceptors (Lipinski definition) is 3. The molecule has 1 aliphatic rings. The van der Waals surface area contributed by atoms with Gasteiger partial charge in [-0.1, -0.05) is 19.8 Å². The first-order chi connectivity index (χ1) is 6.83. The Morgan fingerprint density at radius 1 is 1.43 bits per heavy atom. The highest BCUT2D eigenvalue weighted by Crippen LogP contribution is 2.31. The smallest absolute Gasteiger partial charge is 0.0587 e. The van der Waals surface area contributed by atoms with Crippen molar-refractivity contribution < 1.29 is 4.74 Å². The highest BCUT2D eigenvalue weighted by Gasteiger charge is 2.17. The predicted molar refractivity (Wildman–Crippen MR) is 64.1 cm³/mol. The summed E-state index contributed by atoms with van der Waals surface area (Å²) in [5, 5.41) is 5.10. The van der Waals surface area contributed by atoms with Gasteiger partial charge >= 0.3 is 0 Å². The molecule has 0 heterocycles. The molecule has 1 aliphatic carbocycles. The molecule has 1 saturated carbocycles. The summed E-state index contributed by atoms with van der Waals surface area (Å²) in [5.41, 5.74) is 0. The van der Waals surface area contributed by atoms with Gasteiger partial charge in [-0.2, -0.15) is 11.8 Å². The van der Waals surface area contributed by atoms with Crippen molar-refractivity contribution in [2.24, 2.45) is 0 Å². The molecule has 0 aromatic rings. The van der Waals surface area contributed by atoms with Gasteiger partial charge in [0.2, 0.25) is 0 Å². The van der Waals surface area contributed by atoms with Crippen molar-refractivity contribution in [1.82, 2.24) is 5.32 Å². The van der Waals surface area contributed by atoms with E-state index in [2.05, 4.69) is 24.0 Å². The molecule has 0 aromatic heterocycles. The molecule has 3 heteroatoms. The Morgan fingerprint density at radius 2 is 2.14 bits per heavy atom. The molecule has 0 saturated heterocycles. The quantitative estimate of drug-likeness (QED) is 0.661. The van der Waals surface area contributed by atoms with Gasteiger partial charge in [0.1, 0.15) is 0 Å². The van der Waals surface area contributed by atoms with Crippen LogP contribution in [0.15, 0.2) is 0 Å². The Morgan fingerprint density at radius 3 is 2.79 bits per heavy atom. The lowest BCUT2D eigenvalue weighted by atomic mass is 10.4. The second-order valence-electron chi connectivity index (χ2n) is 4.05. The summed E-state index contributed by atoms with van der Waals surface area (Å²) in [4.78, 5) is 0. The normalized spacial score (nSPS) is 20.1. The second kappa shape index (κ2) is 7.55. The van der Waals surface area contributed by atoms with Gasteiger partial charge in [-0.3, -0.25) is 0 Å². The minimum absolute atomic E-state index is 0.745. The van der Waals surface area contributed by atoms with Crippen LogP contribution in [-0.2, 0) is 4.74 Å². The molecular formula is C11H23NOS. The molecule has 1 unspecified atom stereocenters. The van der Waals surface area contributed by atoms with Crippen LogP contribution in [0.5, 0.6) is 0 Å². The molecule has 1 atom stereocenters. The zero-order valence-electron chi connectivity index (χ0n) is 9.42. The van der Waals surface area contributed by atoms with Crippen LogP contribution in [-0.4, -0.2) is 37.3 Å². The maximum Gasteiger partial charge on any atom is 0.0587 e. The van der Waals surface area contributed by atoms with E-state index in [9.17, 15) is 0 Å². The number of thioether (sulfide) groups is 1. The van der Waals surface area contributed by atoms with Crippen LogP contribution in [0.2, 0.25) is 0 Å². The van der Waals surface area contributed by atoms with E-state index in [1.807, 2.05) is 0 Å². The summed E-state index contributed by atoms with van der Waals surface area (Å²) in [6.45, 7) is 5.24. The third-order valence-corrected chi connectivity index (χ3v) is 4.13. The van der Waals surface area contributed by atoms with Crippen molar-refractivity contribution in [3.8, 4) is 0 Å². The van der Waals surface area contributed by atoms with Gasteiger partial charge in [-0.15, -0.1) is 0 Å². The lowest BCUT2D eigenvalue weighted by molar-refractivity contribution is 0.199. The number of hydrogen-bond donors (Lipinski definition) is 1. The largest absolute Gasteiger partial charge is 0.383 e. The first kappa shape index (κ1) is 12.3. The summed E-state index contributed by atoms with van der Waals surface area (Å²) < 4.78 is 4.99. The van der Waals surface area contributed by atoms with Crippen LogP contribution in [0.4, 0.5) is 0 Å². The first-order valence-electron chi connectivity index (χ1n) is 5.68. The van der Waals surface area contributed by atoms with E-state index in [1.165, 1.54) is 25.7 Å². The predicted octanol–water partition coefficient (Wildman–Crippen LogP) is 2.29. The Kier molecular flexibility index (Phi) is 6.65. The van der Waals surface area contributed by atoms with Crippen molar-refractivity contribution in [2.75, 3.05) is 26.8 Å². The van der Waals surface area contributed by atoms with Crippen molar-refractivity contribution in [3.05, 3.63) is 0 Å². The number of nitrogens with one attached hydrogen (secondary N) is 1. The fourth-order valence-corrected chi connectivity index (χ4v) is 3.36. The average Bonchev–Trinajstić information content (AvgIpc) is 2.65. The summed E-state index contributed by atoms with van der Waals surface area (Å²) in [5.74, 6) is 0. The Labute approximate surface area is 92.2 Å². The number of rotatable bonds is 7. The SMILES string of the molecule is COCCNCC(C)SC1CCCC1. The van der Waals surface area contributed by atoms with Crippen LogP contribution >= 0.6 is 11.8 Å². The van der Waals surface area contributed by atoms with Gasteiger partial charge in [0.15, 0.2) is 0 Å². The molecule has 1 fully saturated rings. The topological polar surface area (TPSA) is 21.3 Å². The molecule has 2 nitrogen and oxygen atoms in total. The first-order valence-corrected chi connectivity index (χ1v) is 6.62. The molecule has 0 bridgehead atoms. The van der Waals surface area contributed by atoms with Gasteiger partial charge in [0.05, 0.1) is 6.61 Å². The Hall–Kier alpha value is 0.270. The van der Waals surface area contributed by atoms with Gasteiger partial charge in [-0.05, 0) is 12.8 Å². The standard InChI is InChI=1S/C11H23NOS/c1-10(9-12-7-8-13-2)14-11-5-3-4-6-11/h10-12H,3-9H2,1-2H3. The van der Waals surface area contributed by atoms with E-state index in [0.29, 0.717) is 0 Å². The van der Waals surface area contributed by atoms with E-state index < -0.39 is 0 Å². The Balaban J connectivity index is 1.95. The number of methoxy groups -OCH3 is 1.